The maximum absolute atomic E-state index is 13.7. The summed E-state index contributed by atoms with van der Waals surface area (Å²) in [6.45, 7) is 8.82. The number of hydrogen-bond donors (Lipinski definition) is 2. The van der Waals surface area contributed by atoms with Crippen molar-refractivity contribution < 1.29 is 38.3 Å². The van der Waals surface area contributed by atoms with Crippen LogP contribution in [0.25, 0.3) is 0 Å². The van der Waals surface area contributed by atoms with Gasteiger partial charge in [-0.3, -0.25) is 0 Å². The van der Waals surface area contributed by atoms with Crippen LogP contribution in [0.3, 0.4) is 0 Å². The Balaban J connectivity index is 1.39. The predicted molar refractivity (Wildman–Crippen MR) is 268 cm³/mol. The van der Waals surface area contributed by atoms with Gasteiger partial charge < -0.3 is 38.8 Å². The van der Waals surface area contributed by atoms with E-state index in [1.54, 1.807) is 0 Å². The fraction of sp³-hybridized carbons (Fsp3) is 0.534. The predicted octanol–water partition coefficient (Wildman–Crippen LogP) is 13.0. The number of aliphatic hydroxyl groups excluding tert-OH is 1. The van der Waals surface area contributed by atoms with Crippen molar-refractivity contribution in [3.8, 4) is 0 Å². The van der Waals surface area contributed by atoms with Gasteiger partial charge in [-0.25, -0.2) is 4.79 Å². The molecule has 2 N–H and O–H groups in total. The van der Waals surface area contributed by atoms with E-state index < -0.39 is 48.3 Å². The van der Waals surface area contributed by atoms with Crippen LogP contribution in [0.15, 0.2) is 133 Å². The number of unbranched alkanes of at least 4 members (excludes halogenated alkanes) is 12. The van der Waals surface area contributed by atoms with Crippen LogP contribution in [0, 0.1) is 0 Å². The smallest absolute Gasteiger partial charge is 0.408 e. The highest BCUT2D eigenvalue weighted by atomic mass is 16.6. The van der Waals surface area contributed by atoms with Crippen LogP contribution in [-0.2, 0) is 54.8 Å². The van der Waals surface area contributed by atoms with Crippen molar-refractivity contribution in [2.45, 2.75) is 192 Å². The molecule has 1 aliphatic rings. The van der Waals surface area contributed by atoms with Gasteiger partial charge in [-0.15, -0.1) is 0 Å². The lowest BCUT2D eigenvalue weighted by atomic mass is 9.92. The third-order valence-corrected chi connectivity index (χ3v) is 12.2. The van der Waals surface area contributed by atoms with Gasteiger partial charge in [0.1, 0.15) is 36.1 Å². The number of carbonyl (C=O) groups excluding carboxylic acids is 1. The van der Waals surface area contributed by atoms with Gasteiger partial charge in [-0.2, -0.15) is 0 Å². The van der Waals surface area contributed by atoms with Crippen LogP contribution in [0.2, 0.25) is 0 Å². The molecular formula is C58H81NO8. The Kier molecular flexibility index (Phi) is 24.7. The van der Waals surface area contributed by atoms with Crippen molar-refractivity contribution in [3.05, 3.63) is 156 Å². The molecule has 1 amide bonds. The van der Waals surface area contributed by atoms with E-state index in [-0.39, 0.29) is 12.7 Å². The molecule has 5 rings (SSSR count). The number of benzene rings is 4. The molecule has 1 aliphatic heterocycles. The summed E-state index contributed by atoms with van der Waals surface area (Å²) < 4.78 is 39.7. The summed E-state index contributed by atoms with van der Waals surface area (Å²) in [5.74, 6) is 0. The van der Waals surface area contributed by atoms with E-state index in [4.69, 9.17) is 28.4 Å². The van der Waals surface area contributed by atoms with Crippen LogP contribution in [0.4, 0.5) is 4.79 Å². The fourth-order valence-corrected chi connectivity index (χ4v) is 8.57. The molecule has 1 heterocycles. The summed E-state index contributed by atoms with van der Waals surface area (Å²) >= 11 is 0. The highest BCUT2D eigenvalue weighted by Gasteiger charge is 2.47. The third kappa shape index (κ3) is 20.8. The molecule has 1 saturated heterocycles. The van der Waals surface area contributed by atoms with Gasteiger partial charge in [0.15, 0.2) is 0 Å². The Morgan fingerprint density at radius 2 is 1.01 bits per heavy atom. The molecule has 0 saturated carbocycles. The Bertz CT molecular complexity index is 1890. The molecule has 9 nitrogen and oxygen atoms in total. The second-order valence-corrected chi connectivity index (χ2v) is 19.0. The number of carbonyl (C=O) groups is 1. The maximum atomic E-state index is 13.7. The summed E-state index contributed by atoms with van der Waals surface area (Å²) in [5, 5.41) is 14.1. The van der Waals surface area contributed by atoms with Crippen LogP contribution >= 0.6 is 0 Å². The first kappa shape index (κ1) is 53.6. The molecule has 9 heteroatoms. The van der Waals surface area contributed by atoms with E-state index in [1.807, 2.05) is 142 Å². The van der Waals surface area contributed by atoms with Crippen molar-refractivity contribution in [1.82, 2.24) is 5.32 Å². The molecule has 1 fully saturated rings. The van der Waals surface area contributed by atoms with Gasteiger partial charge >= 0.3 is 6.09 Å². The number of hydrogen-bond acceptors (Lipinski definition) is 8. The first-order valence-electron chi connectivity index (χ1n) is 25.3. The molecule has 0 bridgehead atoms. The molecule has 4 aromatic carbocycles. The molecule has 0 aliphatic carbocycles. The zero-order chi connectivity index (χ0) is 47.4. The van der Waals surface area contributed by atoms with Gasteiger partial charge in [-0.05, 0) is 49.4 Å². The molecule has 0 spiro atoms. The number of alkyl carbamates (subject to hydrolysis) is 1. The number of amides is 1. The van der Waals surface area contributed by atoms with Crippen LogP contribution in [-0.4, -0.2) is 66.1 Å². The first-order chi connectivity index (χ1) is 32.7. The van der Waals surface area contributed by atoms with Gasteiger partial charge in [0.05, 0.1) is 45.2 Å². The summed E-state index contributed by atoms with van der Waals surface area (Å²) in [4.78, 5) is 13.7. The molecule has 7 atom stereocenters. The average molecular weight is 920 g/mol. The SMILES string of the molecule is CCCCCCCCCCCCCCC[C@@H](OCc1ccccc1)[C@H](/C=C/[C@H]1O[C@H](CO)[C@H](OCc2ccccc2)[C@H](OCc2ccccc2)[C@H]1OCc1ccccc1)NC(=O)OC(C)(C)C. The van der Waals surface area contributed by atoms with Crippen molar-refractivity contribution in [2.24, 2.45) is 0 Å². The lowest BCUT2D eigenvalue weighted by Gasteiger charge is -2.45. The lowest BCUT2D eigenvalue weighted by Crippen LogP contribution is -2.60. The number of nitrogens with one attached hydrogen (secondary N) is 1. The summed E-state index contributed by atoms with van der Waals surface area (Å²) in [6.07, 6.45) is 16.7. The standard InChI is InChI=1S/C58H81NO8/c1-5-6-7-8-9-10-11-12-13-14-15-16-29-38-51(62-42-46-30-21-17-22-31-46)50(59-57(61)67-58(2,3)4)39-40-52-54(63-43-47-32-23-18-24-33-47)56(65-45-49-36-27-20-28-37-49)55(53(41-60)66-52)64-44-48-34-25-19-26-35-48/h17-28,30-37,39-40,50-56,60H,5-16,29,38,41-45H2,1-4H3,(H,59,61)/b40-39+/t50-,51+,52+,53+,54-,55-,56+/m0/s1. The van der Waals surface area contributed by atoms with Crippen molar-refractivity contribution in [2.75, 3.05) is 6.61 Å². The van der Waals surface area contributed by atoms with Gasteiger partial charge in [-0.1, -0.05) is 224 Å². The molecular weight excluding hydrogens is 839 g/mol. The van der Waals surface area contributed by atoms with Crippen LogP contribution in [0.1, 0.15) is 140 Å². The second-order valence-electron chi connectivity index (χ2n) is 19.0. The molecule has 0 radical (unpaired) electrons. The zero-order valence-electron chi connectivity index (χ0n) is 41.0. The number of ether oxygens (including phenoxy) is 6. The van der Waals surface area contributed by atoms with Gasteiger partial charge in [0, 0.05) is 0 Å². The summed E-state index contributed by atoms with van der Waals surface area (Å²) in [6, 6.07) is 39.5. The lowest BCUT2D eigenvalue weighted by molar-refractivity contribution is -0.260. The Morgan fingerprint density at radius 1 is 0.597 bits per heavy atom. The molecule has 366 valence electrons. The average Bonchev–Trinajstić information content (AvgIpc) is 3.34. The normalized spacial score (nSPS) is 19.6. The van der Waals surface area contributed by atoms with Crippen molar-refractivity contribution in [3.63, 3.8) is 0 Å². The summed E-state index contributed by atoms with van der Waals surface area (Å²) in [5.41, 5.74) is 3.33. The highest BCUT2D eigenvalue weighted by Crippen LogP contribution is 2.32. The van der Waals surface area contributed by atoms with E-state index in [0.29, 0.717) is 26.4 Å². The minimum Gasteiger partial charge on any atom is -0.444 e. The van der Waals surface area contributed by atoms with E-state index in [2.05, 4.69) is 24.4 Å². The molecule has 4 aromatic rings. The van der Waals surface area contributed by atoms with Crippen LogP contribution < -0.4 is 5.32 Å². The molecule has 67 heavy (non-hydrogen) atoms. The zero-order valence-corrected chi connectivity index (χ0v) is 41.0. The number of aliphatic hydroxyl groups is 1. The van der Waals surface area contributed by atoms with Crippen molar-refractivity contribution >= 4 is 6.09 Å². The largest absolute Gasteiger partial charge is 0.444 e. The quantitative estimate of drug-likeness (QED) is 0.0380. The Morgan fingerprint density at radius 3 is 1.46 bits per heavy atom. The highest BCUT2D eigenvalue weighted by molar-refractivity contribution is 5.68. The van der Waals surface area contributed by atoms with Gasteiger partial charge in [0.2, 0.25) is 0 Å². The van der Waals surface area contributed by atoms with Gasteiger partial charge in [0.25, 0.3) is 0 Å². The topological polar surface area (TPSA) is 105 Å². The first-order valence-corrected chi connectivity index (χ1v) is 25.3. The number of rotatable bonds is 31. The Hall–Kier alpha value is -4.35. The van der Waals surface area contributed by atoms with E-state index in [0.717, 1.165) is 41.5 Å². The van der Waals surface area contributed by atoms with E-state index in [9.17, 15) is 9.90 Å². The summed E-state index contributed by atoms with van der Waals surface area (Å²) in [7, 11) is 0. The monoisotopic (exact) mass is 920 g/mol. The minimum absolute atomic E-state index is 0.293. The maximum Gasteiger partial charge on any atom is 0.408 e. The minimum atomic E-state index is -0.746. The van der Waals surface area contributed by atoms with E-state index in [1.165, 1.54) is 70.6 Å². The molecule has 0 unspecified atom stereocenters. The van der Waals surface area contributed by atoms with Crippen LogP contribution in [0.5, 0.6) is 0 Å². The third-order valence-electron chi connectivity index (χ3n) is 12.2. The Labute approximate surface area is 403 Å². The fourth-order valence-electron chi connectivity index (χ4n) is 8.57. The molecule has 0 aromatic heterocycles. The van der Waals surface area contributed by atoms with Crippen molar-refractivity contribution in [1.29, 1.82) is 0 Å². The second kappa shape index (κ2) is 30.9. The van der Waals surface area contributed by atoms with E-state index >= 15 is 0 Å².